The fourth-order valence-corrected chi connectivity index (χ4v) is 6.26. The third-order valence-corrected chi connectivity index (χ3v) is 8.94. The summed E-state index contributed by atoms with van der Waals surface area (Å²) in [6.07, 6.45) is 4.30. The molecule has 252 valence electrons. The van der Waals surface area contributed by atoms with Crippen molar-refractivity contribution in [1.82, 2.24) is 15.7 Å². The molecule has 10 heteroatoms. The van der Waals surface area contributed by atoms with Gasteiger partial charge in [-0.05, 0) is 53.1 Å². The zero-order valence-corrected chi connectivity index (χ0v) is 26.9. The minimum atomic E-state index is -0.542. The van der Waals surface area contributed by atoms with E-state index < -0.39 is 6.29 Å². The lowest BCUT2D eigenvalue weighted by Crippen LogP contribution is -2.38. The summed E-state index contributed by atoms with van der Waals surface area (Å²) < 4.78 is 13.0. The zero-order chi connectivity index (χ0) is 33.0. The average molecular weight is 646 g/mol. The van der Waals surface area contributed by atoms with E-state index in [2.05, 4.69) is 34.5 Å². The number of nitrogens with one attached hydrogen (secondary N) is 2. The fraction of sp³-hybridized carbons (Fsp3) is 0.459. The number of nitrogens with zero attached hydrogens (tertiary/aromatic N) is 1. The topological polar surface area (TPSA) is 141 Å². The maximum atomic E-state index is 12.4. The average Bonchev–Trinajstić information content (AvgIpc) is 3.52. The van der Waals surface area contributed by atoms with Crippen LogP contribution < -0.4 is 10.8 Å². The maximum absolute atomic E-state index is 12.4. The standard InChI is InChI=1S/C37H47N3O7/c41-25-26-10-12-29(13-11-26)34-21-33(24-40-19-18-32(42)23-40)46-37(47-34)30-16-14-28(15-17-30)31-7-5-6-27(20-31)22-38-35(43)8-3-1-2-4-9-36(44)39-45/h5-7,10-17,20,32-34,37,41-42,45H,1-4,8-9,18-19,21-25H2,(H,38,43)(H,39,44)/t32-,33-,34+,37+/m0/s1. The van der Waals surface area contributed by atoms with Crippen LogP contribution in [-0.4, -0.2) is 64.0 Å². The molecule has 5 rings (SSSR count). The molecule has 3 aromatic rings. The number of unbranched alkanes of at least 4 members (excludes halogenated alkanes) is 3. The lowest BCUT2D eigenvalue weighted by atomic mass is 9.99. The minimum absolute atomic E-state index is 0.000833. The van der Waals surface area contributed by atoms with Crippen molar-refractivity contribution < 1.29 is 34.5 Å². The van der Waals surface area contributed by atoms with E-state index in [1.807, 2.05) is 48.5 Å². The Morgan fingerprint density at radius 1 is 0.830 bits per heavy atom. The second-order valence-electron chi connectivity index (χ2n) is 12.6. The van der Waals surface area contributed by atoms with Crippen LogP contribution in [0.15, 0.2) is 72.8 Å². The number of hydrogen-bond donors (Lipinski definition) is 5. The minimum Gasteiger partial charge on any atom is -0.392 e. The summed E-state index contributed by atoms with van der Waals surface area (Å²) in [5, 5.41) is 31.1. The molecule has 0 aromatic heterocycles. The Bertz CT molecular complexity index is 1430. The van der Waals surface area contributed by atoms with Gasteiger partial charge in [0.2, 0.25) is 11.8 Å². The Balaban J connectivity index is 1.17. The summed E-state index contributed by atoms with van der Waals surface area (Å²) in [7, 11) is 0. The van der Waals surface area contributed by atoms with Gasteiger partial charge >= 0.3 is 0 Å². The molecule has 2 aliphatic rings. The Hall–Kier alpha value is -3.64. The summed E-state index contributed by atoms with van der Waals surface area (Å²) in [4.78, 5) is 25.7. The number of hydrogen-bond acceptors (Lipinski definition) is 8. The van der Waals surface area contributed by atoms with Crippen molar-refractivity contribution in [3.63, 3.8) is 0 Å². The lowest BCUT2D eigenvalue weighted by molar-refractivity contribution is -0.252. The highest BCUT2D eigenvalue weighted by atomic mass is 16.7. The van der Waals surface area contributed by atoms with Gasteiger partial charge in [-0.3, -0.25) is 19.7 Å². The van der Waals surface area contributed by atoms with E-state index in [4.69, 9.17) is 14.7 Å². The molecular weight excluding hydrogens is 598 g/mol. The van der Waals surface area contributed by atoms with Crippen molar-refractivity contribution in [1.29, 1.82) is 0 Å². The quantitative estimate of drug-likeness (QED) is 0.0892. The van der Waals surface area contributed by atoms with Gasteiger partial charge in [-0.25, -0.2) is 5.48 Å². The van der Waals surface area contributed by atoms with Crippen LogP contribution in [0.2, 0.25) is 0 Å². The number of β-amino-alcohol motifs (C(OH)–C–C–N with tert-alkyl or cyclic N) is 1. The molecule has 2 heterocycles. The van der Waals surface area contributed by atoms with Gasteiger partial charge in [0.25, 0.3) is 0 Å². The van der Waals surface area contributed by atoms with Crippen LogP contribution in [0.5, 0.6) is 0 Å². The van der Waals surface area contributed by atoms with E-state index >= 15 is 0 Å². The first-order valence-corrected chi connectivity index (χ1v) is 16.7. The largest absolute Gasteiger partial charge is 0.392 e. The van der Waals surface area contributed by atoms with Gasteiger partial charge in [0.05, 0.1) is 24.9 Å². The Morgan fingerprint density at radius 2 is 1.55 bits per heavy atom. The third kappa shape index (κ3) is 10.4. The first-order chi connectivity index (χ1) is 22.9. The second kappa shape index (κ2) is 17.5. The van der Waals surface area contributed by atoms with E-state index in [9.17, 15) is 19.8 Å². The first kappa shape index (κ1) is 34.7. The van der Waals surface area contributed by atoms with Gasteiger partial charge in [-0.15, -0.1) is 0 Å². The molecule has 2 amide bonds. The van der Waals surface area contributed by atoms with Gasteiger partial charge < -0.3 is 25.0 Å². The summed E-state index contributed by atoms with van der Waals surface area (Å²) in [6.45, 7) is 2.69. The van der Waals surface area contributed by atoms with Gasteiger partial charge in [-0.2, -0.15) is 0 Å². The van der Waals surface area contributed by atoms with Crippen molar-refractivity contribution in [3.05, 3.63) is 95.1 Å². The first-order valence-electron chi connectivity index (χ1n) is 16.7. The number of hydroxylamine groups is 1. The lowest BCUT2D eigenvalue weighted by Gasteiger charge is -2.37. The molecule has 0 unspecified atom stereocenters. The molecule has 3 aromatic carbocycles. The normalized spacial score (nSPS) is 21.4. The SMILES string of the molecule is O=C(CCCCCCC(=O)NCc1cccc(-c2ccc([C@@H]3O[C@H](CN4CC[C@H](O)C4)C[C@H](c4ccc(CO)cc4)O3)cc2)c1)NO. The molecule has 47 heavy (non-hydrogen) atoms. The predicted molar refractivity (Wildman–Crippen MR) is 177 cm³/mol. The van der Waals surface area contributed by atoms with E-state index in [0.717, 1.165) is 72.2 Å². The summed E-state index contributed by atoms with van der Waals surface area (Å²) >= 11 is 0. The molecule has 0 aliphatic carbocycles. The van der Waals surface area contributed by atoms with E-state index in [1.54, 1.807) is 5.48 Å². The Labute approximate surface area is 276 Å². The Morgan fingerprint density at radius 3 is 2.23 bits per heavy atom. The molecule has 0 spiro atoms. The third-order valence-electron chi connectivity index (χ3n) is 8.94. The summed E-state index contributed by atoms with van der Waals surface area (Å²) in [6, 6.07) is 24.2. The van der Waals surface area contributed by atoms with Crippen molar-refractivity contribution >= 4 is 11.8 Å². The van der Waals surface area contributed by atoms with Crippen LogP contribution in [0.4, 0.5) is 0 Å². The number of carbonyl (C=O) groups excluding carboxylic acids is 2. The van der Waals surface area contributed by atoms with Crippen LogP contribution >= 0.6 is 0 Å². The van der Waals surface area contributed by atoms with Crippen LogP contribution in [0.25, 0.3) is 11.1 Å². The second-order valence-corrected chi connectivity index (χ2v) is 12.6. The number of ether oxygens (including phenoxy) is 2. The molecule has 4 atom stereocenters. The monoisotopic (exact) mass is 645 g/mol. The fourth-order valence-electron chi connectivity index (χ4n) is 6.26. The summed E-state index contributed by atoms with van der Waals surface area (Å²) in [5.74, 6) is -0.379. The molecule has 0 radical (unpaired) electrons. The van der Waals surface area contributed by atoms with E-state index in [1.165, 1.54) is 0 Å². The highest BCUT2D eigenvalue weighted by Gasteiger charge is 2.34. The van der Waals surface area contributed by atoms with Crippen LogP contribution in [-0.2, 0) is 32.2 Å². The molecule has 2 saturated heterocycles. The number of aliphatic hydroxyl groups excluding tert-OH is 2. The van der Waals surface area contributed by atoms with Crippen LogP contribution in [0.3, 0.4) is 0 Å². The van der Waals surface area contributed by atoms with Crippen molar-refractivity contribution in [2.75, 3.05) is 19.6 Å². The molecule has 5 N–H and O–H groups in total. The number of aliphatic hydroxyl groups is 2. The van der Waals surface area contributed by atoms with Crippen LogP contribution in [0, 0.1) is 0 Å². The van der Waals surface area contributed by atoms with Gasteiger partial charge in [0, 0.05) is 51.0 Å². The predicted octanol–water partition coefficient (Wildman–Crippen LogP) is 4.92. The molecular formula is C37H47N3O7. The molecule has 0 saturated carbocycles. The zero-order valence-electron chi connectivity index (χ0n) is 26.9. The van der Waals surface area contributed by atoms with Gasteiger partial charge in [-0.1, -0.05) is 79.6 Å². The van der Waals surface area contributed by atoms with Crippen molar-refractivity contribution in [2.45, 2.75) is 89.1 Å². The number of rotatable bonds is 15. The molecule has 0 bridgehead atoms. The smallest absolute Gasteiger partial charge is 0.243 e. The number of carbonyl (C=O) groups is 2. The highest BCUT2D eigenvalue weighted by Crippen LogP contribution is 2.39. The van der Waals surface area contributed by atoms with Gasteiger partial charge in [0.15, 0.2) is 6.29 Å². The summed E-state index contributed by atoms with van der Waals surface area (Å²) in [5.41, 5.74) is 7.58. The van der Waals surface area contributed by atoms with Crippen LogP contribution in [0.1, 0.15) is 86.0 Å². The number of amides is 2. The maximum Gasteiger partial charge on any atom is 0.243 e. The van der Waals surface area contributed by atoms with E-state index in [0.29, 0.717) is 32.4 Å². The van der Waals surface area contributed by atoms with Crippen molar-refractivity contribution in [3.8, 4) is 11.1 Å². The van der Waals surface area contributed by atoms with Gasteiger partial charge in [0.1, 0.15) is 0 Å². The molecule has 10 nitrogen and oxygen atoms in total. The molecule has 2 aliphatic heterocycles. The number of likely N-dealkylation sites (tertiary alicyclic amines) is 1. The van der Waals surface area contributed by atoms with E-state index in [-0.39, 0.29) is 43.2 Å². The van der Waals surface area contributed by atoms with Crippen molar-refractivity contribution in [2.24, 2.45) is 0 Å². The highest BCUT2D eigenvalue weighted by molar-refractivity contribution is 5.76. The Kier molecular flexibility index (Phi) is 12.9. The molecule has 2 fully saturated rings. The number of benzene rings is 3.